The summed E-state index contributed by atoms with van der Waals surface area (Å²) in [5.41, 5.74) is 0. The molecule has 6 heteroatoms. The molecule has 0 saturated heterocycles. The first-order valence-electron chi connectivity index (χ1n) is 3.23. The molecule has 0 spiro atoms. The van der Waals surface area contributed by atoms with Crippen LogP contribution in [0, 0.1) is 0 Å². The van der Waals surface area contributed by atoms with Gasteiger partial charge in [0.25, 0.3) is 0 Å². The SMILES string of the molecule is CS(=O)(=O)Oc1cccc(Cl)c1Cl. The summed E-state index contributed by atoms with van der Waals surface area (Å²) >= 11 is 11.3. The van der Waals surface area contributed by atoms with Crippen molar-refractivity contribution in [2.24, 2.45) is 0 Å². The zero-order valence-corrected chi connectivity index (χ0v) is 8.95. The fourth-order valence-corrected chi connectivity index (χ4v) is 1.55. The van der Waals surface area contributed by atoms with E-state index in [1.807, 2.05) is 0 Å². The van der Waals surface area contributed by atoms with Gasteiger partial charge in [-0.3, -0.25) is 0 Å². The van der Waals surface area contributed by atoms with E-state index in [1.165, 1.54) is 6.07 Å². The van der Waals surface area contributed by atoms with Crippen LogP contribution in [0.15, 0.2) is 18.2 Å². The van der Waals surface area contributed by atoms with Crippen molar-refractivity contribution in [3.05, 3.63) is 28.2 Å². The largest absolute Gasteiger partial charge is 0.381 e. The first-order chi connectivity index (χ1) is 5.90. The minimum absolute atomic E-state index is 0.0386. The van der Waals surface area contributed by atoms with Crippen LogP contribution in [-0.2, 0) is 10.1 Å². The zero-order chi connectivity index (χ0) is 10.1. The molecule has 0 amide bonds. The normalized spacial score (nSPS) is 11.3. The molecule has 0 aliphatic rings. The zero-order valence-electron chi connectivity index (χ0n) is 6.62. The second-order valence-electron chi connectivity index (χ2n) is 2.34. The van der Waals surface area contributed by atoms with Gasteiger partial charge in [-0.05, 0) is 12.1 Å². The molecule has 0 aromatic heterocycles. The van der Waals surface area contributed by atoms with Gasteiger partial charge in [0.15, 0.2) is 5.75 Å². The van der Waals surface area contributed by atoms with E-state index in [1.54, 1.807) is 12.1 Å². The summed E-state index contributed by atoms with van der Waals surface area (Å²) in [4.78, 5) is 0. The molecule has 0 fully saturated rings. The molecule has 0 bridgehead atoms. The maximum Gasteiger partial charge on any atom is 0.306 e. The number of rotatable bonds is 2. The van der Waals surface area contributed by atoms with Crippen LogP contribution in [0.1, 0.15) is 0 Å². The molecule has 0 atom stereocenters. The number of hydrogen-bond donors (Lipinski definition) is 0. The lowest BCUT2D eigenvalue weighted by atomic mass is 10.3. The van der Waals surface area contributed by atoms with E-state index >= 15 is 0 Å². The molecule has 1 aromatic carbocycles. The summed E-state index contributed by atoms with van der Waals surface area (Å²) in [5.74, 6) is 0.0386. The van der Waals surface area contributed by atoms with Crippen LogP contribution in [0.5, 0.6) is 5.75 Å². The van der Waals surface area contributed by atoms with Crippen molar-refractivity contribution in [3.63, 3.8) is 0 Å². The molecule has 0 aliphatic carbocycles. The van der Waals surface area contributed by atoms with Crippen LogP contribution >= 0.6 is 23.2 Å². The molecule has 0 radical (unpaired) electrons. The van der Waals surface area contributed by atoms with Crippen LogP contribution < -0.4 is 4.18 Å². The molecule has 3 nitrogen and oxygen atoms in total. The summed E-state index contributed by atoms with van der Waals surface area (Å²) in [6, 6.07) is 4.52. The lowest BCUT2D eigenvalue weighted by molar-refractivity contribution is 0.493. The van der Waals surface area contributed by atoms with Gasteiger partial charge in [0.2, 0.25) is 0 Å². The Bertz CT molecular complexity index is 414. The highest BCUT2D eigenvalue weighted by molar-refractivity contribution is 7.86. The summed E-state index contributed by atoms with van der Waals surface area (Å²) in [7, 11) is -3.56. The number of benzene rings is 1. The van der Waals surface area contributed by atoms with Gasteiger partial charge in [0, 0.05) is 0 Å². The molecule has 0 saturated carbocycles. The van der Waals surface area contributed by atoms with E-state index in [2.05, 4.69) is 4.18 Å². The third kappa shape index (κ3) is 3.06. The molecule has 1 rings (SSSR count). The Morgan fingerprint density at radius 3 is 2.46 bits per heavy atom. The van der Waals surface area contributed by atoms with E-state index < -0.39 is 10.1 Å². The Labute approximate surface area is 86.4 Å². The predicted molar refractivity (Wildman–Crippen MR) is 51.9 cm³/mol. The summed E-state index contributed by atoms with van der Waals surface area (Å²) in [6.07, 6.45) is 0.935. The summed E-state index contributed by atoms with van der Waals surface area (Å²) in [5, 5.41) is 0.345. The Morgan fingerprint density at radius 2 is 1.92 bits per heavy atom. The minimum Gasteiger partial charge on any atom is -0.381 e. The fraction of sp³-hybridized carbons (Fsp3) is 0.143. The Morgan fingerprint density at radius 1 is 1.31 bits per heavy atom. The highest BCUT2D eigenvalue weighted by atomic mass is 35.5. The highest BCUT2D eigenvalue weighted by Gasteiger charge is 2.10. The maximum absolute atomic E-state index is 10.7. The monoisotopic (exact) mass is 240 g/mol. The predicted octanol–water partition coefficient (Wildman–Crippen LogP) is 2.33. The Hall–Kier alpha value is -0.450. The topological polar surface area (TPSA) is 43.4 Å². The van der Waals surface area contributed by atoms with E-state index in [0.717, 1.165) is 6.26 Å². The smallest absolute Gasteiger partial charge is 0.306 e. The van der Waals surface area contributed by atoms with Crippen LogP contribution in [0.25, 0.3) is 0 Å². The molecular formula is C7H6Cl2O3S. The van der Waals surface area contributed by atoms with Gasteiger partial charge in [-0.1, -0.05) is 29.3 Å². The van der Waals surface area contributed by atoms with E-state index in [9.17, 15) is 8.42 Å². The lowest BCUT2D eigenvalue weighted by Crippen LogP contribution is -2.05. The molecule has 0 unspecified atom stereocenters. The van der Waals surface area contributed by atoms with Gasteiger partial charge in [-0.25, -0.2) is 0 Å². The molecular weight excluding hydrogens is 235 g/mol. The van der Waals surface area contributed by atoms with E-state index in [0.29, 0.717) is 0 Å². The average molecular weight is 241 g/mol. The van der Waals surface area contributed by atoms with Gasteiger partial charge in [0.1, 0.15) is 5.02 Å². The third-order valence-electron chi connectivity index (χ3n) is 1.16. The molecule has 0 heterocycles. The first kappa shape index (κ1) is 10.6. The van der Waals surface area contributed by atoms with Gasteiger partial charge < -0.3 is 4.18 Å². The van der Waals surface area contributed by atoms with Crippen molar-refractivity contribution in [1.29, 1.82) is 0 Å². The van der Waals surface area contributed by atoms with Gasteiger partial charge >= 0.3 is 10.1 Å². The van der Waals surface area contributed by atoms with Crippen molar-refractivity contribution in [1.82, 2.24) is 0 Å². The van der Waals surface area contributed by atoms with Crippen molar-refractivity contribution < 1.29 is 12.6 Å². The second-order valence-corrected chi connectivity index (χ2v) is 4.70. The van der Waals surface area contributed by atoms with Crippen molar-refractivity contribution in [2.75, 3.05) is 6.26 Å². The van der Waals surface area contributed by atoms with Gasteiger partial charge in [-0.2, -0.15) is 8.42 Å². The van der Waals surface area contributed by atoms with Gasteiger partial charge in [-0.15, -0.1) is 0 Å². The molecule has 1 aromatic rings. The van der Waals surface area contributed by atoms with Crippen LogP contribution in [0.4, 0.5) is 0 Å². The minimum atomic E-state index is -3.56. The molecule has 0 aliphatic heterocycles. The average Bonchev–Trinajstić information content (AvgIpc) is 1.96. The second kappa shape index (κ2) is 3.74. The summed E-state index contributed by atoms with van der Waals surface area (Å²) in [6.45, 7) is 0. The molecule has 0 N–H and O–H groups in total. The van der Waals surface area contributed by atoms with Gasteiger partial charge in [0.05, 0.1) is 11.3 Å². The Balaban J connectivity index is 3.10. The molecule has 13 heavy (non-hydrogen) atoms. The van der Waals surface area contributed by atoms with Crippen LogP contribution in [-0.4, -0.2) is 14.7 Å². The lowest BCUT2D eigenvalue weighted by Gasteiger charge is -2.04. The fourth-order valence-electron chi connectivity index (χ4n) is 0.711. The number of halogens is 2. The van der Waals surface area contributed by atoms with E-state index in [-0.39, 0.29) is 15.8 Å². The number of hydrogen-bond acceptors (Lipinski definition) is 3. The first-order valence-corrected chi connectivity index (χ1v) is 5.81. The van der Waals surface area contributed by atoms with Crippen molar-refractivity contribution in [2.45, 2.75) is 0 Å². The Kier molecular flexibility index (Phi) is 3.05. The highest BCUT2D eigenvalue weighted by Crippen LogP contribution is 2.31. The quantitative estimate of drug-likeness (QED) is 0.746. The van der Waals surface area contributed by atoms with Crippen molar-refractivity contribution in [3.8, 4) is 5.75 Å². The summed E-state index contributed by atoms with van der Waals surface area (Å²) < 4.78 is 26.0. The van der Waals surface area contributed by atoms with E-state index in [4.69, 9.17) is 23.2 Å². The van der Waals surface area contributed by atoms with Crippen molar-refractivity contribution >= 4 is 33.3 Å². The maximum atomic E-state index is 10.7. The van der Waals surface area contributed by atoms with Crippen LogP contribution in [0.3, 0.4) is 0 Å². The van der Waals surface area contributed by atoms with Crippen LogP contribution in [0.2, 0.25) is 10.0 Å². The molecule has 72 valence electrons. The standard InChI is InChI=1S/C7H6Cl2O3S/c1-13(10,11)12-6-4-2-3-5(8)7(6)9/h2-4H,1H3. The third-order valence-corrected chi connectivity index (χ3v) is 2.44.